The Balaban J connectivity index is 2.69. The maximum Gasteiger partial charge on any atom is 0.00397 e. The fourth-order valence-corrected chi connectivity index (χ4v) is 1.11. The van der Waals surface area contributed by atoms with Crippen molar-refractivity contribution in [2.45, 2.75) is 25.7 Å². The van der Waals surface area contributed by atoms with Crippen molar-refractivity contribution < 1.29 is 0 Å². The summed E-state index contributed by atoms with van der Waals surface area (Å²) in [5.74, 6) is 0.933. The summed E-state index contributed by atoms with van der Waals surface area (Å²) in [6, 6.07) is 0. The van der Waals surface area contributed by atoms with E-state index >= 15 is 0 Å². The molecule has 0 aliphatic rings. The van der Waals surface area contributed by atoms with Crippen LogP contribution < -0.4 is 11.1 Å². The largest absolute Gasteiger partial charge is 0.330 e. The Morgan fingerprint density at radius 1 is 1.00 bits per heavy atom. The molecular formula is C8H20N2S. The van der Waals surface area contributed by atoms with E-state index in [9.17, 15) is 0 Å². The molecule has 0 aromatic carbocycles. The van der Waals surface area contributed by atoms with Gasteiger partial charge in [0.2, 0.25) is 0 Å². The molecule has 0 fully saturated rings. The van der Waals surface area contributed by atoms with Gasteiger partial charge in [-0.3, -0.25) is 0 Å². The molecule has 0 aromatic heterocycles. The summed E-state index contributed by atoms with van der Waals surface area (Å²) >= 11 is 4.10. The number of nitrogens with one attached hydrogen (secondary N) is 1. The molecule has 0 amide bonds. The van der Waals surface area contributed by atoms with E-state index in [1.54, 1.807) is 0 Å². The summed E-state index contributed by atoms with van der Waals surface area (Å²) in [5.41, 5.74) is 5.37. The number of hydrogen-bond acceptors (Lipinski definition) is 3. The highest BCUT2D eigenvalue weighted by Crippen LogP contribution is 1.96. The summed E-state index contributed by atoms with van der Waals surface area (Å²) in [4.78, 5) is 0. The van der Waals surface area contributed by atoms with Crippen LogP contribution in [0.4, 0.5) is 0 Å². The third-order valence-corrected chi connectivity index (χ3v) is 1.82. The Kier molecular flexibility index (Phi) is 10.5. The van der Waals surface area contributed by atoms with Crippen LogP contribution in [0.5, 0.6) is 0 Å². The van der Waals surface area contributed by atoms with E-state index in [4.69, 9.17) is 5.73 Å². The molecule has 0 aliphatic carbocycles. The molecule has 3 heteroatoms. The van der Waals surface area contributed by atoms with Gasteiger partial charge >= 0.3 is 0 Å². The molecule has 0 radical (unpaired) electrons. The lowest BCUT2D eigenvalue weighted by molar-refractivity contribution is 0.603. The Hall–Kier alpha value is 0.270. The predicted molar refractivity (Wildman–Crippen MR) is 54.2 cm³/mol. The lowest BCUT2D eigenvalue weighted by Crippen LogP contribution is -2.17. The van der Waals surface area contributed by atoms with Gasteiger partial charge in [-0.2, -0.15) is 12.6 Å². The number of rotatable bonds is 8. The van der Waals surface area contributed by atoms with Crippen LogP contribution in [0.25, 0.3) is 0 Å². The van der Waals surface area contributed by atoms with E-state index in [1.807, 2.05) is 0 Å². The average Bonchev–Trinajstić information content (AvgIpc) is 2.03. The van der Waals surface area contributed by atoms with E-state index in [1.165, 1.54) is 25.7 Å². The Bertz CT molecular complexity index is 61.1. The lowest BCUT2D eigenvalue weighted by atomic mass is 10.2. The van der Waals surface area contributed by atoms with Gasteiger partial charge in [0.05, 0.1) is 0 Å². The second-order valence-corrected chi connectivity index (χ2v) is 3.12. The van der Waals surface area contributed by atoms with E-state index in [0.717, 1.165) is 25.4 Å². The van der Waals surface area contributed by atoms with Crippen molar-refractivity contribution in [3.63, 3.8) is 0 Å². The van der Waals surface area contributed by atoms with Gasteiger partial charge in [-0.25, -0.2) is 0 Å². The van der Waals surface area contributed by atoms with Gasteiger partial charge in [-0.1, -0.05) is 12.8 Å². The first-order valence-electron chi connectivity index (χ1n) is 4.43. The van der Waals surface area contributed by atoms with Crippen LogP contribution in [0.1, 0.15) is 25.7 Å². The third-order valence-electron chi connectivity index (χ3n) is 1.60. The van der Waals surface area contributed by atoms with Crippen molar-refractivity contribution in [3.8, 4) is 0 Å². The summed E-state index contributed by atoms with van der Waals surface area (Å²) in [7, 11) is 0. The van der Waals surface area contributed by atoms with Crippen LogP contribution in [0, 0.1) is 0 Å². The first-order valence-corrected chi connectivity index (χ1v) is 5.06. The fourth-order valence-electron chi connectivity index (χ4n) is 0.952. The third kappa shape index (κ3) is 10.3. The molecule has 0 unspecified atom stereocenters. The van der Waals surface area contributed by atoms with Crippen LogP contribution in [0.15, 0.2) is 0 Å². The first-order chi connectivity index (χ1) is 5.41. The van der Waals surface area contributed by atoms with Gasteiger partial charge in [0.15, 0.2) is 0 Å². The van der Waals surface area contributed by atoms with Gasteiger partial charge < -0.3 is 11.1 Å². The Labute approximate surface area is 75.3 Å². The monoisotopic (exact) mass is 176 g/mol. The topological polar surface area (TPSA) is 38.0 Å². The summed E-state index contributed by atoms with van der Waals surface area (Å²) in [5, 5.41) is 3.30. The van der Waals surface area contributed by atoms with Crippen LogP contribution in [0.2, 0.25) is 0 Å². The zero-order valence-electron chi connectivity index (χ0n) is 7.18. The summed E-state index contributed by atoms with van der Waals surface area (Å²) in [6.45, 7) is 3.00. The summed E-state index contributed by atoms with van der Waals surface area (Å²) in [6.07, 6.45) is 5.02. The summed E-state index contributed by atoms with van der Waals surface area (Å²) < 4.78 is 0. The van der Waals surface area contributed by atoms with Crippen molar-refractivity contribution in [2.24, 2.45) is 5.73 Å². The number of thiol groups is 1. The second kappa shape index (κ2) is 10.3. The van der Waals surface area contributed by atoms with Crippen LogP contribution in [0.3, 0.4) is 0 Å². The molecular weight excluding hydrogens is 156 g/mol. The highest BCUT2D eigenvalue weighted by atomic mass is 32.1. The molecule has 0 atom stereocenters. The highest BCUT2D eigenvalue weighted by Gasteiger charge is 1.87. The van der Waals surface area contributed by atoms with Gasteiger partial charge in [0.25, 0.3) is 0 Å². The Morgan fingerprint density at radius 2 is 1.73 bits per heavy atom. The second-order valence-electron chi connectivity index (χ2n) is 2.68. The smallest absolute Gasteiger partial charge is 0.00397 e. The van der Waals surface area contributed by atoms with Crippen LogP contribution in [-0.4, -0.2) is 25.4 Å². The van der Waals surface area contributed by atoms with Crippen molar-refractivity contribution in [2.75, 3.05) is 25.4 Å². The zero-order chi connectivity index (χ0) is 8.36. The number of nitrogens with two attached hydrogens (primary N) is 1. The fraction of sp³-hybridized carbons (Fsp3) is 1.00. The SMILES string of the molecule is NCCCCCCNCCS. The quantitative estimate of drug-likeness (QED) is 0.382. The lowest BCUT2D eigenvalue weighted by Gasteiger charge is -2.01. The van der Waals surface area contributed by atoms with Gasteiger partial charge in [0, 0.05) is 12.3 Å². The van der Waals surface area contributed by atoms with E-state index < -0.39 is 0 Å². The normalized spacial score (nSPS) is 10.4. The molecule has 11 heavy (non-hydrogen) atoms. The molecule has 0 rings (SSSR count). The minimum absolute atomic E-state index is 0.837. The van der Waals surface area contributed by atoms with Gasteiger partial charge in [0.1, 0.15) is 0 Å². The van der Waals surface area contributed by atoms with E-state index in [-0.39, 0.29) is 0 Å². The van der Waals surface area contributed by atoms with Crippen molar-refractivity contribution in [1.29, 1.82) is 0 Å². The maximum atomic E-state index is 5.37. The highest BCUT2D eigenvalue weighted by molar-refractivity contribution is 7.80. The molecule has 3 N–H and O–H groups in total. The van der Waals surface area contributed by atoms with E-state index in [2.05, 4.69) is 17.9 Å². The Morgan fingerprint density at radius 3 is 2.36 bits per heavy atom. The van der Waals surface area contributed by atoms with Gasteiger partial charge in [-0.15, -0.1) is 0 Å². The molecule has 0 bridgehead atoms. The molecule has 0 aromatic rings. The minimum Gasteiger partial charge on any atom is -0.330 e. The van der Waals surface area contributed by atoms with Crippen LogP contribution in [-0.2, 0) is 0 Å². The van der Waals surface area contributed by atoms with Crippen molar-refractivity contribution in [1.82, 2.24) is 5.32 Å². The average molecular weight is 176 g/mol. The number of unbranched alkanes of at least 4 members (excludes halogenated alkanes) is 3. The molecule has 68 valence electrons. The van der Waals surface area contributed by atoms with Crippen LogP contribution >= 0.6 is 12.6 Å². The standard InChI is InChI=1S/C8H20N2S/c9-5-3-1-2-4-6-10-7-8-11/h10-11H,1-9H2. The minimum atomic E-state index is 0.837. The first kappa shape index (κ1) is 11.3. The maximum absolute atomic E-state index is 5.37. The molecule has 0 saturated carbocycles. The van der Waals surface area contributed by atoms with Crippen molar-refractivity contribution >= 4 is 12.6 Å². The van der Waals surface area contributed by atoms with Gasteiger partial charge in [-0.05, 0) is 25.9 Å². The van der Waals surface area contributed by atoms with E-state index in [0.29, 0.717) is 0 Å². The predicted octanol–water partition coefficient (Wildman–Crippen LogP) is 1.02. The molecule has 0 heterocycles. The zero-order valence-corrected chi connectivity index (χ0v) is 8.08. The molecule has 0 aliphatic heterocycles. The number of hydrogen-bond donors (Lipinski definition) is 3. The van der Waals surface area contributed by atoms with Crippen molar-refractivity contribution in [3.05, 3.63) is 0 Å². The molecule has 0 spiro atoms. The molecule has 0 saturated heterocycles. The molecule has 2 nitrogen and oxygen atoms in total.